The molecule has 3 atom stereocenters. The van der Waals surface area contributed by atoms with Gasteiger partial charge >= 0.3 is 0 Å². The van der Waals surface area contributed by atoms with Crippen molar-refractivity contribution < 1.29 is 0 Å². The Labute approximate surface area is 212 Å². The minimum Gasteiger partial charge on any atom is -0.0654 e. The summed E-state index contributed by atoms with van der Waals surface area (Å²) in [5.74, 6) is 3.76. The summed E-state index contributed by atoms with van der Waals surface area (Å²) in [6, 6.07) is 0. The maximum atomic E-state index is 2.65. The van der Waals surface area contributed by atoms with E-state index in [1.807, 2.05) is 0 Å². The molecule has 0 fully saturated rings. The highest BCUT2D eigenvalue weighted by molar-refractivity contribution is 4.77. The number of unbranched alkanes of at least 4 members (excludes halogenated alkanes) is 15. The van der Waals surface area contributed by atoms with Crippen LogP contribution >= 0.6 is 0 Å². The lowest BCUT2D eigenvalue weighted by atomic mass is 9.71. The van der Waals surface area contributed by atoms with Crippen LogP contribution in [0.25, 0.3) is 0 Å². The molecule has 0 aliphatic carbocycles. The minimum absolute atomic E-state index is 0.908. The van der Waals surface area contributed by atoms with Crippen LogP contribution in [0.1, 0.15) is 189 Å². The van der Waals surface area contributed by atoms with Gasteiger partial charge in [-0.2, -0.15) is 0 Å². The van der Waals surface area contributed by atoms with E-state index in [9.17, 15) is 0 Å². The fourth-order valence-corrected chi connectivity index (χ4v) is 6.13. The van der Waals surface area contributed by atoms with Crippen LogP contribution in [0.3, 0.4) is 0 Å². The molecule has 3 unspecified atom stereocenters. The lowest BCUT2D eigenvalue weighted by Crippen LogP contribution is -2.26. The smallest absolute Gasteiger partial charge is 0.0386 e. The highest BCUT2D eigenvalue weighted by Gasteiger charge is 2.27. The highest BCUT2D eigenvalue weighted by Crippen LogP contribution is 2.37. The molecule has 200 valence electrons. The van der Waals surface area contributed by atoms with Gasteiger partial charge in [-0.25, -0.2) is 0 Å². The van der Waals surface area contributed by atoms with E-state index in [2.05, 4.69) is 41.5 Å². The van der Waals surface area contributed by atoms with Gasteiger partial charge < -0.3 is 0 Å². The molecule has 33 heavy (non-hydrogen) atoms. The molecule has 0 aliphatic rings. The molecule has 0 N–H and O–H groups in total. The van der Waals surface area contributed by atoms with Crippen molar-refractivity contribution >= 4 is 0 Å². The Bertz CT molecular complexity index is 343. The molecule has 0 radical (unpaired) electrons. The molecular weight excluding hydrogens is 396 g/mol. The summed E-state index contributed by atoms with van der Waals surface area (Å²) >= 11 is 0. The fourth-order valence-electron chi connectivity index (χ4n) is 6.13. The van der Waals surface area contributed by atoms with E-state index >= 15 is 0 Å². The number of rotatable bonds is 26. The Balaban J connectivity index is 4.66. The Hall–Kier alpha value is 0. The van der Waals surface area contributed by atoms with Crippen molar-refractivity contribution in [2.75, 3.05) is 0 Å². The fraction of sp³-hybridized carbons (Fsp3) is 1.00. The largest absolute Gasteiger partial charge is 0.0654 e. The molecule has 0 aliphatic heterocycles. The van der Waals surface area contributed by atoms with Crippen LogP contribution in [-0.2, 0) is 0 Å². The molecule has 0 amide bonds. The molecular formula is C33H68. The Morgan fingerprint density at radius 3 is 0.879 bits per heavy atom. The third-order valence-corrected chi connectivity index (χ3v) is 8.76. The summed E-state index contributed by atoms with van der Waals surface area (Å²) in [5, 5.41) is 0. The predicted molar refractivity (Wildman–Crippen MR) is 154 cm³/mol. The first kappa shape index (κ1) is 33.0. The Morgan fingerprint density at radius 1 is 0.303 bits per heavy atom. The molecule has 0 aromatic carbocycles. The second-order valence-corrected chi connectivity index (χ2v) is 11.7. The molecule has 0 heteroatoms. The number of hydrogen-bond acceptors (Lipinski definition) is 0. The van der Waals surface area contributed by atoms with Gasteiger partial charge in [-0.1, -0.05) is 189 Å². The van der Waals surface area contributed by atoms with Gasteiger partial charge in [0.05, 0.1) is 0 Å². The maximum Gasteiger partial charge on any atom is -0.0386 e. The minimum atomic E-state index is 0.908. The SMILES string of the molecule is CCCCCCCCC(CCC)C(C)C(C)C(CCCCCCCC)CCCCCCCC. The van der Waals surface area contributed by atoms with E-state index in [4.69, 9.17) is 0 Å². The first-order chi connectivity index (χ1) is 16.1. The summed E-state index contributed by atoms with van der Waals surface area (Å²) in [6.45, 7) is 14.7. The summed E-state index contributed by atoms with van der Waals surface area (Å²) in [4.78, 5) is 0. The average molecular weight is 465 g/mol. The van der Waals surface area contributed by atoms with Crippen LogP contribution in [0.2, 0.25) is 0 Å². The standard InChI is InChI=1S/C33H68/c1-7-11-14-17-20-23-27-32(26-10-4)30(5)31(6)33(28-24-21-18-15-12-8-2)29-25-22-19-16-13-9-3/h30-33H,7-29H2,1-6H3. The van der Waals surface area contributed by atoms with Gasteiger partial charge in [-0.3, -0.25) is 0 Å². The lowest BCUT2D eigenvalue weighted by Gasteiger charge is -2.35. The topological polar surface area (TPSA) is 0 Å². The summed E-state index contributed by atoms with van der Waals surface area (Å²) in [7, 11) is 0. The van der Waals surface area contributed by atoms with Gasteiger partial charge in [-0.05, 0) is 23.7 Å². The van der Waals surface area contributed by atoms with Gasteiger partial charge in [0, 0.05) is 0 Å². The molecule has 0 saturated carbocycles. The monoisotopic (exact) mass is 465 g/mol. The zero-order valence-corrected chi connectivity index (χ0v) is 24.6. The van der Waals surface area contributed by atoms with E-state index < -0.39 is 0 Å². The molecule has 0 aromatic rings. The van der Waals surface area contributed by atoms with Crippen molar-refractivity contribution in [1.82, 2.24) is 0 Å². The molecule has 0 saturated heterocycles. The van der Waals surface area contributed by atoms with Crippen molar-refractivity contribution in [3.05, 3.63) is 0 Å². The average Bonchev–Trinajstić information content (AvgIpc) is 2.82. The van der Waals surface area contributed by atoms with Crippen LogP contribution in [0.4, 0.5) is 0 Å². The van der Waals surface area contributed by atoms with Gasteiger partial charge in [0.15, 0.2) is 0 Å². The van der Waals surface area contributed by atoms with Crippen LogP contribution in [0, 0.1) is 23.7 Å². The highest BCUT2D eigenvalue weighted by atomic mass is 14.3. The van der Waals surface area contributed by atoms with Crippen LogP contribution < -0.4 is 0 Å². The van der Waals surface area contributed by atoms with E-state index in [1.54, 1.807) is 0 Å². The van der Waals surface area contributed by atoms with Gasteiger partial charge in [0.1, 0.15) is 0 Å². The van der Waals surface area contributed by atoms with E-state index in [1.165, 1.54) is 148 Å². The van der Waals surface area contributed by atoms with Crippen molar-refractivity contribution in [1.29, 1.82) is 0 Å². The van der Waals surface area contributed by atoms with Gasteiger partial charge in [0.25, 0.3) is 0 Å². The summed E-state index contributed by atoms with van der Waals surface area (Å²) in [5.41, 5.74) is 0. The second-order valence-electron chi connectivity index (χ2n) is 11.7. The molecule has 0 rings (SSSR count). The second kappa shape index (κ2) is 25.1. The van der Waals surface area contributed by atoms with Crippen molar-refractivity contribution in [2.45, 2.75) is 189 Å². The maximum absolute atomic E-state index is 2.65. The van der Waals surface area contributed by atoms with Crippen molar-refractivity contribution in [2.24, 2.45) is 23.7 Å². The van der Waals surface area contributed by atoms with Crippen molar-refractivity contribution in [3.63, 3.8) is 0 Å². The summed E-state index contributed by atoms with van der Waals surface area (Å²) in [6.07, 6.45) is 33.4. The molecule has 0 spiro atoms. The third kappa shape index (κ3) is 18.9. The summed E-state index contributed by atoms with van der Waals surface area (Å²) < 4.78 is 0. The van der Waals surface area contributed by atoms with E-state index in [-0.39, 0.29) is 0 Å². The zero-order valence-electron chi connectivity index (χ0n) is 24.6. The Morgan fingerprint density at radius 2 is 0.576 bits per heavy atom. The predicted octanol–water partition coefficient (Wildman–Crippen LogP) is 12.5. The first-order valence-corrected chi connectivity index (χ1v) is 16.1. The van der Waals surface area contributed by atoms with E-state index in [0.717, 1.165) is 23.7 Å². The van der Waals surface area contributed by atoms with Gasteiger partial charge in [-0.15, -0.1) is 0 Å². The Kier molecular flexibility index (Phi) is 25.1. The molecule has 0 aromatic heterocycles. The molecule has 0 nitrogen and oxygen atoms in total. The van der Waals surface area contributed by atoms with Crippen LogP contribution in [-0.4, -0.2) is 0 Å². The molecule has 0 heterocycles. The first-order valence-electron chi connectivity index (χ1n) is 16.1. The van der Waals surface area contributed by atoms with Crippen LogP contribution in [0.15, 0.2) is 0 Å². The lowest BCUT2D eigenvalue weighted by molar-refractivity contribution is 0.154. The quantitative estimate of drug-likeness (QED) is 0.112. The zero-order chi connectivity index (χ0) is 24.6. The number of hydrogen-bond donors (Lipinski definition) is 0. The van der Waals surface area contributed by atoms with Crippen LogP contribution in [0.5, 0.6) is 0 Å². The van der Waals surface area contributed by atoms with Crippen molar-refractivity contribution in [3.8, 4) is 0 Å². The molecule has 0 bridgehead atoms. The van der Waals surface area contributed by atoms with Gasteiger partial charge in [0.2, 0.25) is 0 Å². The normalized spacial score (nSPS) is 14.6. The third-order valence-electron chi connectivity index (χ3n) is 8.76. The van der Waals surface area contributed by atoms with E-state index in [0.29, 0.717) is 0 Å².